The van der Waals surface area contributed by atoms with Crippen LogP contribution in [0, 0.1) is 6.92 Å². The number of amides is 1. The van der Waals surface area contributed by atoms with Crippen molar-refractivity contribution < 1.29 is 4.79 Å². The first-order valence-electron chi connectivity index (χ1n) is 6.16. The van der Waals surface area contributed by atoms with Gasteiger partial charge in [0.15, 0.2) is 0 Å². The highest BCUT2D eigenvalue weighted by Crippen LogP contribution is 2.34. The lowest BCUT2D eigenvalue weighted by Gasteiger charge is -2.11. The molecule has 0 heterocycles. The average molecular weight is 344 g/mol. The van der Waals surface area contributed by atoms with E-state index in [4.69, 9.17) is 34.8 Å². The molecule has 21 heavy (non-hydrogen) atoms. The summed E-state index contributed by atoms with van der Waals surface area (Å²) in [5.74, 6) is -0.285. The van der Waals surface area contributed by atoms with Gasteiger partial charge in [-0.2, -0.15) is 0 Å². The van der Waals surface area contributed by atoms with Crippen molar-refractivity contribution in [2.45, 2.75) is 6.92 Å². The van der Waals surface area contributed by atoms with E-state index in [-0.39, 0.29) is 5.91 Å². The molecule has 0 aliphatic rings. The van der Waals surface area contributed by atoms with Crippen molar-refractivity contribution in [2.24, 2.45) is 0 Å². The van der Waals surface area contributed by atoms with E-state index in [2.05, 4.69) is 10.6 Å². The zero-order valence-electron chi connectivity index (χ0n) is 11.4. The highest BCUT2D eigenvalue weighted by molar-refractivity contribution is 6.42. The van der Waals surface area contributed by atoms with E-state index < -0.39 is 0 Å². The lowest BCUT2D eigenvalue weighted by atomic mass is 10.1. The molecule has 1 amide bonds. The predicted molar refractivity (Wildman–Crippen MR) is 90.2 cm³/mol. The van der Waals surface area contributed by atoms with Gasteiger partial charge in [0.2, 0.25) is 0 Å². The maximum absolute atomic E-state index is 12.3. The molecule has 0 saturated heterocycles. The lowest BCUT2D eigenvalue weighted by molar-refractivity contribution is 0.102. The van der Waals surface area contributed by atoms with Crippen LogP contribution < -0.4 is 10.6 Å². The summed E-state index contributed by atoms with van der Waals surface area (Å²) in [6.07, 6.45) is 0. The monoisotopic (exact) mass is 342 g/mol. The third kappa shape index (κ3) is 3.62. The summed E-state index contributed by atoms with van der Waals surface area (Å²) < 4.78 is 0. The Morgan fingerprint density at radius 3 is 2.19 bits per heavy atom. The summed E-state index contributed by atoms with van der Waals surface area (Å²) in [5.41, 5.74) is 2.81. The first kappa shape index (κ1) is 16.0. The fraction of sp³-hybridized carbons (Fsp3) is 0.133. The van der Waals surface area contributed by atoms with Crippen LogP contribution in [0.3, 0.4) is 0 Å². The smallest absolute Gasteiger partial charge is 0.255 e. The predicted octanol–water partition coefficient (Wildman–Crippen LogP) is 5.25. The molecule has 0 spiro atoms. The summed E-state index contributed by atoms with van der Waals surface area (Å²) in [6, 6.07) is 8.42. The first-order chi connectivity index (χ1) is 9.92. The highest BCUT2D eigenvalue weighted by Gasteiger charge is 2.13. The van der Waals surface area contributed by atoms with Gasteiger partial charge >= 0.3 is 0 Å². The molecule has 3 nitrogen and oxygen atoms in total. The Balaban J connectivity index is 2.28. The third-order valence-corrected chi connectivity index (χ3v) is 3.82. The molecule has 0 saturated carbocycles. The van der Waals surface area contributed by atoms with Crippen LogP contribution >= 0.6 is 34.8 Å². The minimum absolute atomic E-state index is 0.285. The Kier molecular flexibility index (Phi) is 4.99. The van der Waals surface area contributed by atoms with Crippen molar-refractivity contribution in [1.82, 2.24) is 0 Å². The molecule has 2 aromatic rings. The number of aryl methyl sites for hydroxylation is 1. The molecular weight excluding hydrogens is 331 g/mol. The van der Waals surface area contributed by atoms with Gasteiger partial charge in [0, 0.05) is 23.3 Å². The maximum Gasteiger partial charge on any atom is 0.255 e. The number of rotatable bonds is 3. The zero-order chi connectivity index (χ0) is 15.6. The molecule has 110 valence electrons. The minimum atomic E-state index is -0.285. The van der Waals surface area contributed by atoms with Gasteiger partial charge in [-0.25, -0.2) is 0 Å². The van der Waals surface area contributed by atoms with E-state index >= 15 is 0 Å². The van der Waals surface area contributed by atoms with Crippen LogP contribution in [-0.4, -0.2) is 13.0 Å². The third-order valence-electron chi connectivity index (χ3n) is 3.00. The molecule has 6 heteroatoms. The number of hydrogen-bond donors (Lipinski definition) is 2. The van der Waals surface area contributed by atoms with Crippen molar-refractivity contribution in [3.8, 4) is 0 Å². The number of anilines is 2. The standard InChI is InChI=1S/C15H13Cl3N2O/c1-8-5-9(3-4-13(8)19-2)15(21)20-14-11(17)6-10(16)7-12(14)18/h3-7,19H,1-2H3,(H,20,21). The normalized spacial score (nSPS) is 10.3. The second kappa shape index (κ2) is 6.56. The molecule has 2 rings (SSSR count). The van der Waals surface area contributed by atoms with Gasteiger partial charge in [-0.1, -0.05) is 34.8 Å². The topological polar surface area (TPSA) is 41.1 Å². The van der Waals surface area contributed by atoms with Crippen molar-refractivity contribution in [2.75, 3.05) is 17.7 Å². The fourth-order valence-electron chi connectivity index (χ4n) is 1.93. The van der Waals surface area contributed by atoms with Gasteiger partial charge in [-0.05, 0) is 42.8 Å². The molecule has 0 fully saturated rings. The van der Waals surface area contributed by atoms with Gasteiger partial charge in [0.05, 0.1) is 15.7 Å². The molecule has 0 aliphatic carbocycles. The number of carbonyl (C=O) groups excluding carboxylic acids is 1. The fourth-order valence-corrected chi connectivity index (χ4v) is 2.84. The summed E-state index contributed by atoms with van der Waals surface area (Å²) in [4.78, 5) is 12.3. The Labute approximate surface area is 138 Å². The molecular formula is C15H13Cl3N2O. The number of carbonyl (C=O) groups is 1. The van der Waals surface area contributed by atoms with Crippen molar-refractivity contribution in [3.63, 3.8) is 0 Å². The summed E-state index contributed by atoms with van der Waals surface area (Å²) in [5, 5.41) is 6.76. The van der Waals surface area contributed by atoms with Crippen LogP contribution in [-0.2, 0) is 0 Å². The van der Waals surface area contributed by atoms with E-state index in [1.165, 1.54) is 12.1 Å². The SMILES string of the molecule is CNc1ccc(C(=O)Nc2c(Cl)cc(Cl)cc2Cl)cc1C. The van der Waals surface area contributed by atoms with E-state index in [1.807, 2.05) is 20.0 Å². The summed E-state index contributed by atoms with van der Waals surface area (Å²) in [6.45, 7) is 1.92. The van der Waals surface area contributed by atoms with Gasteiger partial charge in [0.25, 0.3) is 5.91 Å². The van der Waals surface area contributed by atoms with Gasteiger partial charge in [-0.3, -0.25) is 4.79 Å². The van der Waals surface area contributed by atoms with Gasteiger partial charge in [-0.15, -0.1) is 0 Å². The number of halogens is 3. The number of benzene rings is 2. The van der Waals surface area contributed by atoms with E-state index in [1.54, 1.807) is 12.1 Å². The molecule has 0 aliphatic heterocycles. The van der Waals surface area contributed by atoms with E-state index in [0.29, 0.717) is 26.3 Å². The molecule has 0 aromatic heterocycles. The minimum Gasteiger partial charge on any atom is -0.388 e. The number of hydrogen-bond acceptors (Lipinski definition) is 2. The molecule has 2 aromatic carbocycles. The maximum atomic E-state index is 12.3. The molecule has 0 bridgehead atoms. The Hall–Kier alpha value is -1.42. The van der Waals surface area contributed by atoms with Crippen LogP contribution in [0.25, 0.3) is 0 Å². The second-order valence-corrected chi connectivity index (χ2v) is 5.73. The number of nitrogens with one attached hydrogen (secondary N) is 2. The molecule has 0 unspecified atom stereocenters. The Bertz CT molecular complexity index is 678. The van der Waals surface area contributed by atoms with Crippen molar-refractivity contribution in [3.05, 3.63) is 56.5 Å². The van der Waals surface area contributed by atoms with Crippen LogP contribution in [0.15, 0.2) is 30.3 Å². The Morgan fingerprint density at radius 1 is 1.05 bits per heavy atom. The van der Waals surface area contributed by atoms with E-state index in [9.17, 15) is 4.79 Å². The Morgan fingerprint density at radius 2 is 1.67 bits per heavy atom. The lowest BCUT2D eigenvalue weighted by Crippen LogP contribution is -2.13. The largest absolute Gasteiger partial charge is 0.388 e. The first-order valence-corrected chi connectivity index (χ1v) is 7.30. The second-order valence-electron chi connectivity index (χ2n) is 4.48. The van der Waals surface area contributed by atoms with Crippen LogP contribution in [0.4, 0.5) is 11.4 Å². The van der Waals surface area contributed by atoms with Crippen LogP contribution in [0.5, 0.6) is 0 Å². The van der Waals surface area contributed by atoms with Crippen LogP contribution in [0.1, 0.15) is 15.9 Å². The quantitative estimate of drug-likeness (QED) is 0.799. The highest BCUT2D eigenvalue weighted by atomic mass is 35.5. The molecule has 2 N–H and O–H groups in total. The molecule has 0 atom stereocenters. The zero-order valence-corrected chi connectivity index (χ0v) is 13.7. The molecule has 0 radical (unpaired) electrons. The van der Waals surface area contributed by atoms with E-state index in [0.717, 1.165) is 11.3 Å². The van der Waals surface area contributed by atoms with Crippen LogP contribution in [0.2, 0.25) is 15.1 Å². The summed E-state index contributed by atoms with van der Waals surface area (Å²) >= 11 is 17.9. The summed E-state index contributed by atoms with van der Waals surface area (Å²) in [7, 11) is 1.83. The average Bonchev–Trinajstić information content (AvgIpc) is 2.42. The van der Waals surface area contributed by atoms with Gasteiger partial charge < -0.3 is 10.6 Å². The van der Waals surface area contributed by atoms with Crippen molar-refractivity contribution in [1.29, 1.82) is 0 Å². The van der Waals surface area contributed by atoms with Gasteiger partial charge in [0.1, 0.15) is 0 Å². The van der Waals surface area contributed by atoms with Crippen molar-refractivity contribution >= 4 is 52.1 Å².